The summed E-state index contributed by atoms with van der Waals surface area (Å²) < 4.78 is 19.3. The number of hydrogen-bond donors (Lipinski definition) is 3. The number of halogens is 1. The Morgan fingerprint density at radius 2 is 2.08 bits per heavy atom. The van der Waals surface area contributed by atoms with E-state index in [1.54, 1.807) is 0 Å². The molecule has 0 bridgehead atoms. The molecule has 2 fully saturated rings. The summed E-state index contributed by atoms with van der Waals surface area (Å²) in [6.45, 7) is 4.39. The van der Waals surface area contributed by atoms with Gasteiger partial charge >= 0.3 is 0 Å². The smallest absolute Gasteiger partial charge is 0.241 e. The van der Waals surface area contributed by atoms with Crippen molar-refractivity contribution in [2.24, 2.45) is 0 Å². The lowest BCUT2D eigenvalue weighted by Crippen LogP contribution is -2.38. The van der Waals surface area contributed by atoms with Gasteiger partial charge in [0.1, 0.15) is 5.82 Å². The summed E-state index contributed by atoms with van der Waals surface area (Å²) >= 11 is 0. The molecule has 0 aromatic heterocycles. The van der Waals surface area contributed by atoms with Crippen molar-refractivity contribution in [1.29, 1.82) is 0 Å². The molecular formula is C18H25FN4O3. The monoisotopic (exact) mass is 364 g/mol. The van der Waals surface area contributed by atoms with Crippen LogP contribution in [0.1, 0.15) is 19.3 Å². The predicted octanol–water partition coefficient (Wildman–Crippen LogP) is 1.18. The molecule has 2 heterocycles. The molecule has 0 spiro atoms. The van der Waals surface area contributed by atoms with Crippen LogP contribution in [0.5, 0.6) is 0 Å². The SMILES string of the molecule is O=C(CCN1CCOCC1)Nc1cc(NC(=O)C2CCCN2)ccc1F. The Kier molecular flexibility index (Phi) is 6.54. The number of rotatable bonds is 6. The van der Waals surface area contributed by atoms with Crippen LogP contribution >= 0.6 is 0 Å². The maximum absolute atomic E-state index is 14.0. The summed E-state index contributed by atoms with van der Waals surface area (Å²) in [7, 11) is 0. The first-order valence-corrected chi connectivity index (χ1v) is 9.05. The molecule has 1 atom stereocenters. The maximum Gasteiger partial charge on any atom is 0.241 e. The van der Waals surface area contributed by atoms with Gasteiger partial charge in [-0.05, 0) is 37.6 Å². The molecule has 3 rings (SSSR count). The fourth-order valence-electron chi connectivity index (χ4n) is 3.13. The Hall–Kier alpha value is -2.03. The summed E-state index contributed by atoms with van der Waals surface area (Å²) in [5.41, 5.74) is 0.544. The first kappa shape index (κ1) is 18.8. The van der Waals surface area contributed by atoms with Crippen molar-refractivity contribution in [1.82, 2.24) is 10.2 Å². The average Bonchev–Trinajstić information content (AvgIpc) is 3.18. The van der Waals surface area contributed by atoms with E-state index in [-0.39, 0.29) is 30.0 Å². The van der Waals surface area contributed by atoms with Gasteiger partial charge in [0.25, 0.3) is 0 Å². The molecule has 0 aliphatic carbocycles. The van der Waals surface area contributed by atoms with Gasteiger partial charge in [-0.15, -0.1) is 0 Å². The number of amides is 2. The number of morpholine rings is 1. The van der Waals surface area contributed by atoms with Crippen LogP contribution in [0.4, 0.5) is 15.8 Å². The third kappa shape index (κ3) is 5.23. The number of carbonyl (C=O) groups excluding carboxylic acids is 2. The lowest BCUT2D eigenvalue weighted by atomic mass is 10.2. The van der Waals surface area contributed by atoms with E-state index in [9.17, 15) is 14.0 Å². The van der Waals surface area contributed by atoms with Crippen molar-refractivity contribution in [2.45, 2.75) is 25.3 Å². The second-order valence-corrected chi connectivity index (χ2v) is 6.59. The van der Waals surface area contributed by atoms with Crippen LogP contribution in [0.15, 0.2) is 18.2 Å². The molecule has 1 unspecified atom stereocenters. The summed E-state index contributed by atoms with van der Waals surface area (Å²) in [6.07, 6.45) is 2.03. The zero-order valence-corrected chi connectivity index (χ0v) is 14.7. The minimum Gasteiger partial charge on any atom is -0.379 e. The van der Waals surface area contributed by atoms with E-state index >= 15 is 0 Å². The average molecular weight is 364 g/mol. The van der Waals surface area contributed by atoms with Crippen molar-refractivity contribution in [3.8, 4) is 0 Å². The molecule has 2 aliphatic rings. The zero-order valence-electron chi connectivity index (χ0n) is 14.7. The number of hydrogen-bond acceptors (Lipinski definition) is 5. The van der Waals surface area contributed by atoms with E-state index < -0.39 is 5.82 Å². The standard InChI is InChI=1S/C18H25FN4O3/c19-14-4-3-13(21-18(25)15-2-1-6-20-15)12-16(14)22-17(24)5-7-23-8-10-26-11-9-23/h3-4,12,15,20H,1-2,5-11H2,(H,21,25)(H,22,24). The lowest BCUT2D eigenvalue weighted by molar-refractivity contribution is -0.118. The summed E-state index contributed by atoms with van der Waals surface area (Å²) in [5.74, 6) is -0.920. The zero-order chi connectivity index (χ0) is 18.4. The third-order valence-corrected chi connectivity index (χ3v) is 4.64. The van der Waals surface area contributed by atoms with Gasteiger partial charge in [0.2, 0.25) is 11.8 Å². The Labute approximate surface area is 152 Å². The highest BCUT2D eigenvalue weighted by molar-refractivity contribution is 5.96. The first-order chi connectivity index (χ1) is 12.6. The number of benzene rings is 1. The van der Waals surface area contributed by atoms with E-state index in [0.29, 0.717) is 25.4 Å². The Balaban J connectivity index is 1.53. The molecule has 142 valence electrons. The highest BCUT2D eigenvalue weighted by Crippen LogP contribution is 2.20. The number of ether oxygens (including phenoxy) is 1. The predicted molar refractivity (Wildman–Crippen MR) is 96.6 cm³/mol. The van der Waals surface area contributed by atoms with E-state index in [0.717, 1.165) is 32.5 Å². The van der Waals surface area contributed by atoms with Crippen molar-refractivity contribution < 1.29 is 18.7 Å². The van der Waals surface area contributed by atoms with Crippen LogP contribution in [0.2, 0.25) is 0 Å². The molecule has 8 heteroatoms. The molecule has 2 aliphatic heterocycles. The van der Waals surface area contributed by atoms with Crippen LogP contribution in [0, 0.1) is 5.82 Å². The summed E-state index contributed by atoms with van der Waals surface area (Å²) in [5, 5.41) is 8.47. The van der Waals surface area contributed by atoms with Gasteiger partial charge in [-0.2, -0.15) is 0 Å². The third-order valence-electron chi connectivity index (χ3n) is 4.64. The fraction of sp³-hybridized carbons (Fsp3) is 0.556. The second kappa shape index (κ2) is 9.07. The molecule has 2 amide bonds. The molecule has 7 nitrogen and oxygen atoms in total. The fourth-order valence-corrected chi connectivity index (χ4v) is 3.13. The van der Waals surface area contributed by atoms with E-state index in [4.69, 9.17) is 4.74 Å². The number of carbonyl (C=O) groups is 2. The van der Waals surface area contributed by atoms with Crippen molar-refractivity contribution in [2.75, 3.05) is 50.0 Å². The van der Waals surface area contributed by atoms with Gasteiger partial charge < -0.3 is 20.7 Å². The molecule has 0 radical (unpaired) electrons. The second-order valence-electron chi connectivity index (χ2n) is 6.59. The van der Waals surface area contributed by atoms with Gasteiger partial charge in [-0.1, -0.05) is 0 Å². The van der Waals surface area contributed by atoms with E-state index in [1.165, 1.54) is 18.2 Å². The maximum atomic E-state index is 14.0. The topological polar surface area (TPSA) is 82.7 Å². The Morgan fingerprint density at radius 3 is 2.81 bits per heavy atom. The van der Waals surface area contributed by atoms with Crippen LogP contribution in [0.3, 0.4) is 0 Å². The van der Waals surface area contributed by atoms with Crippen molar-refractivity contribution in [3.05, 3.63) is 24.0 Å². The van der Waals surface area contributed by atoms with Crippen LogP contribution in [-0.2, 0) is 14.3 Å². The summed E-state index contributed by atoms with van der Waals surface area (Å²) in [4.78, 5) is 26.4. The van der Waals surface area contributed by atoms with Crippen LogP contribution in [-0.4, -0.2) is 62.1 Å². The largest absolute Gasteiger partial charge is 0.379 e. The molecular weight excluding hydrogens is 339 g/mol. The quantitative estimate of drug-likeness (QED) is 0.706. The number of nitrogens with one attached hydrogen (secondary N) is 3. The van der Waals surface area contributed by atoms with Crippen LogP contribution < -0.4 is 16.0 Å². The van der Waals surface area contributed by atoms with E-state index in [2.05, 4.69) is 20.9 Å². The minimum absolute atomic E-state index is 0.0779. The van der Waals surface area contributed by atoms with Crippen molar-refractivity contribution in [3.63, 3.8) is 0 Å². The van der Waals surface area contributed by atoms with Crippen molar-refractivity contribution >= 4 is 23.2 Å². The molecule has 26 heavy (non-hydrogen) atoms. The number of anilines is 2. The number of nitrogens with zero attached hydrogens (tertiary/aromatic N) is 1. The molecule has 1 aromatic rings. The van der Waals surface area contributed by atoms with Gasteiger partial charge in [0.15, 0.2) is 0 Å². The van der Waals surface area contributed by atoms with E-state index in [1.807, 2.05) is 0 Å². The van der Waals surface area contributed by atoms with Gasteiger partial charge in [-0.3, -0.25) is 14.5 Å². The Bertz CT molecular complexity index is 643. The molecule has 0 saturated carbocycles. The summed E-state index contributed by atoms with van der Waals surface area (Å²) in [6, 6.07) is 3.97. The molecule has 2 saturated heterocycles. The van der Waals surface area contributed by atoms with Gasteiger partial charge in [-0.25, -0.2) is 4.39 Å². The molecule has 3 N–H and O–H groups in total. The minimum atomic E-state index is -0.526. The Morgan fingerprint density at radius 1 is 1.27 bits per heavy atom. The normalized spacial score (nSPS) is 20.7. The highest BCUT2D eigenvalue weighted by Gasteiger charge is 2.22. The molecule has 1 aromatic carbocycles. The van der Waals surface area contributed by atoms with Crippen LogP contribution in [0.25, 0.3) is 0 Å². The highest BCUT2D eigenvalue weighted by atomic mass is 19.1. The lowest BCUT2D eigenvalue weighted by Gasteiger charge is -2.26. The van der Waals surface area contributed by atoms with Gasteiger partial charge in [0.05, 0.1) is 24.9 Å². The first-order valence-electron chi connectivity index (χ1n) is 9.05. The van der Waals surface area contributed by atoms with Gasteiger partial charge in [0, 0.05) is 31.7 Å².